The molecule has 0 saturated heterocycles. The minimum Gasteiger partial charge on any atom is -0.0720 e. The summed E-state index contributed by atoms with van der Waals surface area (Å²) in [5, 5.41) is 0. The molecule has 0 aliphatic heterocycles. The highest BCUT2D eigenvalue weighted by atomic mass is 14.3. The average molecular weight is 282 g/mol. The quantitative estimate of drug-likeness (QED) is 0.555. The standard InChI is InChI=1S/C22H18/c1-16-8-5-6-11-18(16)21-14-15-22-19(12-7-13-20(21)22)17-9-3-2-4-10-17/h2-15,21H,1H3. The van der Waals surface area contributed by atoms with Crippen LogP contribution in [-0.4, -0.2) is 0 Å². The summed E-state index contributed by atoms with van der Waals surface area (Å²) in [4.78, 5) is 0. The molecule has 1 unspecified atom stereocenters. The van der Waals surface area contributed by atoms with Gasteiger partial charge in [-0.1, -0.05) is 84.9 Å². The van der Waals surface area contributed by atoms with Crippen molar-refractivity contribution in [2.75, 3.05) is 0 Å². The molecule has 0 fully saturated rings. The Morgan fingerprint density at radius 2 is 1.41 bits per heavy atom. The zero-order valence-electron chi connectivity index (χ0n) is 12.7. The van der Waals surface area contributed by atoms with Crippen molar-refractivity contribution in [3.63, 3.8) is 0 Å². The Labute approximate surface area is 131 Å². The van der Waals surface area contributed by atoms with Gasteiger partial charge in [0.1, 0.15) is 0 Å². The molecule has 0 bridgehead atoms. The minimum atomic E-state index is 0.375. The van der Waals surface area contributed by atoms with Crippen molar-refractivity contribution in [2.24, 2.45) is 0 Å². The molecule has 4 rings (SSSR count). The van der Waals surface area contributed by atoms with Crippen molar-refractivity contribution >= 4 is 6.08 Å². The van der Waals surface area contributed by atoms with E-state index in [1.165, 1.54) is 33.4 Å². The summed E-state index contributed by atoms with van der Waals surface area (Å²) in [6, 6.07) is 26.0. The number of rotatable bonds is 2. The molecule has 0 heterocycles. The first kappa shape index (κ1) is 13.1. The molecule has 0 spiro atoms. The van der Waals surface area contributed by atoms with Gasteiger partial charge in [0.25, 0.3) is 0 Å². The van der Waals surface area contributed by atoms with Crippen LogP contribution in [0.5, 0.6) is 0 Å². The van der Waals surface area contributed by atoms with E-state index in [-0.39, 0.29) is 0 Å². The molecule has 1 aliphatic rings. The van der Waals surface area contributed by atoms with Gasteiger partial charge in [0.2, 0.25) is 0 Å². The van der Waals surface area contributed by atoms with E-state index in [0.29, 0.717) is 5.92 Å². The molecule has 0 nitrogen and oxygen atoms in total. The van der Waals surface area contributed by atoms with Crippen molar-refractivity contribution in [2.45, 2.75) is 12.8 Å². The fraction of sp³-hybridized carbons (Fsp3) is 0.0909. The maximum Gasteiger partial charge on any atom is 0.0281 e. The van der Waals surface area contributed by atoms with Gasteiger partial charge in [-0.05, 0) is 40.3 Å². The number of allylic oxidation sites excluding steroid dienone is 1. The van der Waals surface area contributed by atoms with Crippen LogP contribution < -0.4 is 0 Å². The Morgan fingerprint density at radius 3 is 2.23 bits per heavy atom. The molecule has 0 aromatic heterocycles. The van der Waals surface area contributed by atoms with E-state index >= 15 is 0 Å². The molecule has 3 aromatic carbocycles. The number of fused-ring (bicyclic) bond motifs is 1. The monoisotopic (exact) mass is 282 g/mol. The summed E-state index contributed by atoms with van der Waals surface area (Å²) >= 11 is 0. The largest absolute Gasteiger partial charge is 0.0720 e. The van der Waals surface area contributed by atoms with Crippen molar-refractivity contribution < 1.29 is 0 Å². The zero-order valence-corrected chi connectivity index (χ0v) is 12.7. The van der Waals surface area contributed by atoms with Crippen LogP contribution in [-0.2, 0) is 0 Å². The number of hydrogen-bond donors (Lipinski definition) is 0. The topological polar surface area (TPSA) is 0 Å². The molecule has 22 heavy (non-hydrogen) atoms. The summed E-state index contributed by atoms with van der Waals surface area (Å²) in [6.07, 6.45) is 4.62. The van der Waals surface area contributed by atoms with E-state index in [1.807, 2.05) is 0 Å². The first-order valence-electron chi connectivity index (χ1n) is 7.76. The molecule has 3 aromatic rings. The molecule has 0 heteroatoms. The molecule has 0 amide bonds. The highest BCUT2D eigenvalue weighted by molar-refractivity contribution is 5.81. The van der Waals surface area contributed by atoms with Gasteiger partial charge < -0.3 is 0 Å². The third-order valence-electron chi connectivity index (χ3n) is 4.54. The van der Waals surface area contributed by atoms with Crippen molar-refractivity contribution in [3.05, 3.63) is 101 Å². The molecule has 0 saturated carbocycles. The summed E-state index contributed by atoms with van der Waals surface area (Å²) in [5.74, 6) is 0.375. The molecule has 0 radical (unpaired) electrons. The summed E-state index contributed by atoms with van der Waals surface area (Å²) in [5.41, 5.74) is 8.15. The second-order valence-electron chi connectivity index (χ2n) is 5.87. The predicted molar refractivity (Wildman–Crippen MR) is 93.9 cm³/mol. The Hall–Kier alpha value is -2.60. The zero-order chi connectivity index (χ0) is 14.9. The van der Waals surface area contributed by atoms with E-state index in [9.17, 15) is 0 Å². The van der Waals surface area contributed by atoms with E-state index in [1.54, 1.807) is 0 Å². The molecular weight excluding hydrogens is 264 g/mol. The third kappa shape index (κ3) is 2.08. The first-order valence-corrected chi connectivity index (χ1v) is 7.76. The predicted octanol–water partition coefficient (Wildman–Crippen LogP) is 5.82. The van der Waals surface area contributed by atoms with Gasteiger partial charge in [-0.25, -0.2) is 0 Å². The van der Waals surface area contributed by atoms with Crippen molar-refractivity contribution in [3.8, 4) is 11.1 Å². The Kier molecular flexibility index (Phi) is 3.16. The van der Waals surface area contributed by atoms with E-state index in [2.05, 4.69) is 91.9 Å². The van der Waals surface area contributed by atoms with Crippen LogP contribution in [0.25, 0.3) is 17.2 Å². The van der Waals surface area contributed by atoms with E-state index in [4.69, 9.17) is 0 Å². The summed E-state index contributed by atoms with van der Waals surface area (Å²) in [7, 11) is 0. The second kappa shape index (κ2) is 5.31. The van der Waals surface area contributed by atoms with Crippen molar-refractivity contribution in [1.82, 2.24) is 0 Å². The lowest BCUT2D eigenvalue weighted by molar-refractivity contribution is 1.03. The highest BCUT2D eigenvalue weighted by Crippen LogP contribution is 2.40. The summed E-state index contributed by atoms with van der Waals surface area (Å²) in [6.45, 7) is 2.20. The third-order valence-corrected chi connectivity index (χ3v) is 4.54. The van der Waals surface area contributed by atoms with Gasteiger partial charge in [-0.2, -0.15) is 0 Å². The maximum atomic E-state index is 2.33. The molecule has 0 N–H and O–H groups in total. The van der Waals surface area contributed by atoms with Crippen LogP contribution in [0.3, 0.4) is 0 Å². The highest BCUT2D eigenvalue weighted by Gasteiger charge is 2.22. The maximum absolute atomic E-state index is 2.33. The number of benzene rings is 3. The van der Waals surface area contributed by atoms with Gasteiger partial charge in [0.15, 0.2) is 0 Å². The van der Waals surface area contributed by atoms with Crippen LogP contribution in [0.15, 0.2) is 78.9 Å². The van der Waals surface area contributed by atoms with Crippen molar-refractivity contribution in [1.29, 1.82) is 0 Å². The SMILES string of the molecule is Cc1ccccc1C1C=Cc2c(-c3ccccc3)cccc21. The molecule has 1 aliphatic carbocycles. The Bertz CT molecular complexity index is 841. The second-order valence-corrected chi connectivity index (χ2v) is 5.87. The van der Waals surface area contributed by atoms with Gasteiger partial charge in [0.05, 0.1) is 0 Å². The lowest BCUT2D eigenvalue weighted by Gasteiger charge is -2.16. The average Bonchev–Trinajstić information content (AvgIpc) is 3.00. The minimum absolute atomic E-state index is 0.375. The normalized spacial score (nSPS) is 15.8. The molecule has 1 atom stereocenters. The summed E-state index contributed by atoms with van der Waals surface area (Å²) < 4.78 is 0. The van der Waals surface area contributed by atoms with Gasteiger partial charge in [0, 0.05) is 5.92 Å². The Balaban J connectivity index is 1.85. The van der Waals surface area contributed by atoms with Gasteiger partial charge in [-0.15, -0.1) is 0 Å². The van der Waals surface area contributed by atoms with E-state index in [0.717, 1.165) is 0 Å². The van der Waals surface area contributed by atoms with Gasteiger partial charge in [-0.3, -0.25) is 0 Å². The molecule has 106 valence electrons. The lowest BCUT2D eigenvalue weighted by atomic mass is 9.88. The van der Waals surface area contributed by atoms with Crippen LogP contribution in [0.4, 0.5) is 0 Å². The molecular formula is C22H18. The first-order chi connectivity index (χ1) is 10.8. The van der Waals surface area contributed by atoms with Crippen LogP contribution in [0.1, 0.15) is 28.2 Å². The number of hydrogen-bond acceptors (Lipinski definition) is 0. The van der Waals surface area contributed by atoms with Crippen LogP contribution in [0, 0.1) is 6.92 Å². The van der Waals surface area contributed by atoms with Crippen LogP contribution in [0.2, 0.25) is 0 Å². The fourth-order valence-electron chi connectivity index (χ4n) is 3.41. The fourth-order valence-corrected chi connectivity index (χ4v) is 3.41. The Morgan fingerprint density at radius 1 is 0.682 bits per heavy atom. The lowest BCUT2D eigenvalue weighted by Crippen LogP contribution is -1.99. The smallest absolute Gasteiger partial charge is 0.0281 e. The van der Waals surface area contributed by atoms with Gasteiger partial charge >= 0.3 is 0 Å². The number of aryl methyl sites for hydroxylation is 1. The van der Waals surface area contributed by atoms with Crippen LogP contribution >= 0.6 is 0 Å². The van der Waals surface area contributed by atoms with E-state index < -0.39 is 0 Å².